The van der Waals surface area contributed by atoms with Crippen molar-refractivity contribution in [2.24, 2.45) is 10.7 Å². The van der Waals surface area contributed by atoms with E-state index in [4.69, 9.17) is 10.7 Å². The Morgan fingerprint density at radius 3 is 2.67 bits per heavy atom. The van der Waals surface area contributed by atoms with Crippen molar-refractivity contribution in [3.05, 3.63) is 48.0 Å². The van der Waals surface area contributed by atoms with Gasteiger partial charge in [-0.3, -0.25) is 9.69 Å². The number of piperidine rings is 1. The van der Waals surface area contributed by atoms with Crippen LogP contribution in [0, 0.1) is 0 Å². The lowest BCUT2D eigenvalue weighted by Crippen LogP contribution is -2.49. The fourth-order valence-electron chi connectivity index (χ4n) is 3.56. The minimum Gasteiger partial charge on any atom is -0.369 e. The Balaban J connectivity index is 1.62. The number of hydrogen-bond donors (Lipinski definition) is 3. The number of carbonyl (C=O) groups is 1. The second kappa shape index (κ2) is 9.37. The zero-order chi connectivity index (χ0) is 19.1. The third-order valence-corrected chi connectivity index (χ3v) is 4.94. The van der Waals surface area contributed by atoms with E-state index in [2.05, 4.69) is 64.9 Å². The summed E-state index contributed by atoms with van der Waals surface area (Å²) < 4.78 is 0. The number of nitrogens with one attached hydrogen (secondary N) is 2. The van der Waals surface area contributed by atoms with Gasteiger partial charge in [-0.2, -0.15) is 0 Å². The molecule has 0 unspecified atom stereocenters. The number of nitrogens with zero attached hydrogens (tertiary/aromatic N) is 2. The number of hydrogen-bond acceptors (Lipinski definition) is 3. The first-order valence-electron chi connectivity index (χ1n) is 9.68. The number of guanidine groups is 1. The average molecular weight is 367 g/mol. The van der Waals surface area contributed by atoms with Crippen LogP contribution in [-0.2, 0) is 11.3 Å². The van der Waals surface area contributed by atoms with Crippen molar-refractivity contribution in [3.8, 4) is 0 Å². The first-order chi connectivity index (χ1) is 13.2. The molecule has 1 aliphatic heterocycles. The van der Waals surface area contributed by atoms with Gasteiger partial charge in [0, 0.05) is 25.7 Å². The molecule has 4 N–H and O–H groups in total. The van der Waals surface area contributed by atoms with E-state index in [0.29, 0.717) is 19.1 Å². The minimum atomic E-state index is -0.258. The van der Waals surface area contributed by atoms with Gasteiger partial charge >= 0.3 is 0 Å². The van der Waals surface area contributed by atoms with E-state index in [-0.39, 0.29) is 5.91 Å². The van der Waals surface area contributed by atoms with Gasteiger partial charge in [0.2, 0.25) is 5.91 Å². The van der Waals surface area contributed by atoms with Crippen LogP contribution >= 0.6 is 0 Å². The highest BCUT2D eigenvalue weighted by molar-refractivity contribution is 5.86. The molecule has 0 atom stereocenters. The van der Waals surface area contributed by atoms with Crippen LogP contribution in [0.4, 0.5) is 0 Å². The van der Waals surface area contributed by atoms with Crippen molar-refractivity contribution in [1.82, 2.24) is 15.5 Å². The Bertz CT molecular complexity index is 791. The first-order valence-corrected chi connectivity index (χ1v) is 9.68. The van der Waals surface area contributed by atoms with Gasteiger partial charge in [0.15, 0.2) is 5.96 Å². The van der Waals surface area contributed by atoms with E-state index in [0.717, 1.165) is 38.4 Å². The number of primary amides is 1. The standard InChI is InChI=1S/C21H29N5O/c1-2-23-21(25-18-10-12-26(13-11-18)15-20(22)27)24-14-17-8-5-7-16-6-3-4-9-19(16)17/h3-9,18H,2,10-15H2,1H3,(H2,22,27)(H2,23,24,25). The van der Waals surface area contributed by atoms with Crippen LogP contribution in [0.15, 0.2) is 47.5 Å². The van der Waals surface area contributed by atoms with Crippen LogP contribution in [0.25, 0.3) is 10.8 Å². The third-order valence-electron chi connectivity index (χ3n) is 4.94. The maximum Gasteiger partial charge on any atom is 0.231 e. The number of nitrogens with two attached hydrogens (primary N) is 1. The zero-order valence-corrected chi connectivity index (χ0v) is 15.9. The number of fused-ring (bicyclic) bond motifs is 1. The summed E-state index contributed by atoms with van der Waals surface area (Å²) in [5.41, 5.74) is 6.51. The van der Waals surface area contributed by atoms with E-state index in [1.165, 1.54) is 16.3 Å². The topological polar surface area (TPSA) is 82.8 Å². The van der Waals surface area contributed by atoms with Crippen molar-refractivity contribution < 1.29 is 4.79 Å². The van der Waals surface area contributed by atoms with Gasteiger partial charge in [0.05, 0.1) is 13.1 Å². The lowest BCUT2D eigenvalue weighted by molar-refractivity contribution is -0.119. The number of carbonyl (C=O) groups excluding carboxylic acids is 1. The Kier molecular flexibility index (Phi) is 6.65. The Morgan fingerprint density at radius 1 is 1.19 bits per heavy atom. The molecule has 6 nitrogen and oxygen atoms in total. The SMILES string of the molecule is CCNC(=NCc1cccc2ccccc12)NC1CCN(CC(N)=O)CC1. The fraction of sp³-hybridized carbons (Fsp3) is 0.429. The molecule has 1 heterocycles. The number of aliphatic imine (C=N–C) groups is 1. The summed E-state index contributed by atoms with van der Waals surface area (Å²) in [7, 11) is 0. The molecule has 3 rings (SSSR count). The van der Waals surface area contributed by atoms with Crippen molar-refractivity contribution in [2.45, 2.75) is 32.4 Å². The van der Waals surface area contributed by atoms with Crippen LogP contribution in [0.2, 0.25) is 0 Å². The highest BCUT2D eigenvalue weighted by Crippen LogP contribution is 2.19. The highest BCUT2D eigenvalue weighted by atomic mass is 16.1. The molecule has 1 fully saturated rings. The normalized spacial score (nSPS) is 16.4. The van der Waals surface area contributed by atoms with Crippen LogP contribution in [0.3, 0.4) is 0 Å². The molecule has 0 aromatic heterocycles. The smallest absolute Gasteiger partial charge is 0.231 e. The minimum absolute atomic E-state index is 0.258. The summed E-state index contributed by atoms with van der Waals surface area (Å²) in [6.45, 7) is 5.64. The van der Waals surface area contributed by atoms with Gasteiger partial charge < -0.3 is 16.4 Å². The molecule has 0 spiro atoms. The molecular formula is C21H29N5O. The van der Waals surface area contributed by atoms with Gasteiger partial charge in [-0.1, -0.05) is 42.5 Å². The van der Waals surface area contributed by atoms with Gasteiger partial charge in [0.25, 0.3) is 0 Å². The molecule has 2 aromatic carbocycles. The van der Waals surface area contributed by atoms with E-state index in [1.54, 1.807) is 0 Å². The summed E-state index contributed by atoms with van der Waals surface area (Å²) in [5.74, 6) is 0.588. The second-order valence-corrected chi connectivity index (χ2v) is 6.99. The summed E-state index contributed by atoms with van der Waals surface area (Å²) in [5, 5.41) is 9.38. The van der Waals surface area contributed by atoms with E-state index < -0.39 is 0 Å². The number of benzene rings is 2. The lowest BCUT2D eigenvalue weighted by atomic mass is 10.0. The van der Waals surface area contributed by atoms with Gasteiger partial charge in [0.1, 0.15) is 0 Å². The maximum absolute atomic E-state index is 11.1. The van der Waals surface area contributed by atoms with Crippen LogP contribution in [0.1, 0.15) is 25.3 Å². The van der Waals surface area contributed by atoms with Gasteiger partial charge in [-0.15, -0.1) is 0 Å². The Labute approximate surface area is 160 Å². The molecule has 0 aliphatic carbocycles. The molecule has 0 radical (unpaired) electrons. The monoisotopic (exact) mass is 367 g/mol. The molecule has 1 saturated heterocycles. The molecular weight excluding hydrogens is 338 g/mol. The fourth-order valence-corrected chi connectivity index (χ4v) is 3.56. The van der Waals surface area contributed by atoms with Crippen molar-refractivity contribution >= 4 is 22.6 Å². The Morgan fingerprint density at radius 2 is 1.93 bits per heavy atom. The summed E-state index contributed by atoms with van der Waals surface area (Å²) >= 11 is 0. The third kappa shape index (κ3) is 5.44. The van der Waals surface area contributed by atoms with E-state index >= 15 is 0 Å². The lowest BCUT2D eigenvalue weighted by Gasteiger charge is -2.32. The highest BCUT2D eigenvalue weighted by Gasteiger charge is 2.20. The first kappa shape index (κ1) is 19.2. The Hall–Kier alpha value is -2.60. The molecule has 1 aliphatic rings. The van der Waals surface area contributed by atoms with E-state index in [9.17, 15) is 4.79 Å². The molecule has 144 valence electrons. The number of likely N-dealkylation sites (tertiary alicyclic amines) is 1. The molecule has 0 bridgehead atoms. The predicted molar refractivity (Wildman–Crippen MR) is 111 cm³/mol. The molecule has 0 saturated carbocycles. The predicted octanol–water partition coefficient (Wildman–Crippen LogP) is 1.84. The summed E-state index contributed by atoms with van der Waals surface area (Å²) in [6.07, 6.45) is 1.96. The zero-order valence-electron chi connectivity index (χ0n) is 15.9. The van der Waals surface area contributed by atoms with Crippen molar-refractivity contribution in [3.63, 3.8) is 0 Å². The van der Waals surface area contributed by atoms with Crippen LogP contribution in [-0.4, -0.2) is 49.0 Å². The van der Waals surface area contributed by atoms with E-state index in [1.807, 2.05) is 0 Å². The van der Waals surface area contributed by atoms with Gasteiger partial charge in [-0.25, -0.2) is 4.99 Å². The summed E-state index contributed by atoms with van der Waals surface area (Å²) in [6, 6.07) is 15.1. The van der Waals surface area contributed by atoms with Crippen LogP contribution in [0.5, 0.6) is 0 Å². The molecule has 6 heteroatoms. The number of amides is 1. The van der Waals surface area contributed by atoms with Crippen molar-refractivity contribution in [2.75, 3.05) is 26.2 Å². The molecule has 2 aromatic rings. The summed E-state index contributed by atoms with van der Waals surface area (Å²) in [4.78, 5) is 18.0. The number of rotatable bonds is 6. The van der Waals surface area contributed by atoms with Crippen LogP contribution < -0.4 is 16.4 Å². The maximum atomic E-state index is 11.1. The quantitative estimate of drug-likeness (QED) is 0.537. The van der Waals surface area contributed by atoms with Gasteiger partial charge in [-0.05, 0) is 36.1 Å². The second-order valence-electron chi connectivity index (χ2n) is 6.99. The largest absolute Gasteiger partial charge is 0.369 e. The van der Waals surface area contributed by atoms with Crippen molar-refractivity contribution in [1.29, 1.82) is 0 Å². The average Bonchev–Trinajstić information content (AvgIpc) is 2.67. The molecule has 27 heavy (non-hydrogen) atoms. The molecule has 1 amide bonds.